The Hall–Kier alpha value is -3.83. The van der Waals surface area contributed by atoms with E-state index in [9.17, 15) is 24.5 Å². The number of aromatic nitrogens is 1. The summed E-state index contributed by atoms with van der Waals surface area (Å²) in [6.45, 7) is 5.32. The van der Waals surface area contributed by atoms with Gasteiger partial charge in [-0.2, -0.15) is 0 Å². The standard InChI is InChI=1S/C26H23N3O6S2/c1-4-35-24(30)15-27-25(31)23(37-26(27)32)14-18-13-16(2)28(17(18)3)19-5-9-21(10-6-19)36-22-11-7-20(8-12-22)29(33)34/h5-14H,4,15H2,1-3H3/b23-14-. The number of esters is 1. The number of imide groups is 1. The second-order valence-corrected chi connectivity index (χ2v) is 10.2. The first-order valence-corrected chi connectivity index (χ1v) is 12.9. The summed E-state index contributed by atoms with van der Waals surface area (Å²) in [6.07, 6.45) is 1.67. The molecule has 11 heteroatoms. The highest BCUT2D eigenvalue weighted by Gasteiger charge is 2.36. The number of aryl methyl sites for hydroxylation is 1. The average Bonchev–Trinajstić information content (AvgIpc) is 3.29. The molecule has 2 aromatic carbocycles. The molecule has 4 rings (SSSR count). The number of nitro benzene ring substituents is 1. The van der Waals surface area contributed by atoms with Gasteiger partial charge < -0.3 is 9.30 Å². The van der Waals surface area contributed by atoms with Gasteiger partial charge in [-0.05, 0) is 86.6 Å². The van der Waals surface area contributed by atoms with Crippen molar-refractivity contribution < 1.29 is 24.0 Å². The first-order chi connectivity index (χ1) is 17.7. The number of ether oxygens (including phenoxy) is 1. The Labute approximate surface area is 221 Å². The van der Waals surface area contributed by atoms with E-state index in [1.807, 2.05) is 44.2 Å². The van der Waals surface area contributed by atoms with Crippen molar-refractivity contribution in [1.82, 2.24) is 9.47 Å². The number of non-ortho nitro benzene ring substituents is 1. The van der Waals surface area contributed by atoms with Crippen LogP contribution in [-0.2, 0) is 14.3 Å². The zero-order valence-electron chi connectivity index (χ0n) is 20.3. The summed E-state index contributed by atoms with van der Waals surface area (Å²) in [6, 6.07) is 16.2. The van der Waals surface area contributed by atoms with Crippen LogP contribution in [0, 0.1) is 24.0 Å². The van der Waals surface area contributed by atoms with Crippen molar-refractivity contribution in [2.24, 2.45) is 0 Å². The predicted octanol–water partition coefficient (Wildman–Crippen LogP) is 5.75. The number of thioether (sulfide) groups is 1. The predicted molar refractivity (Wildman–Crippen MR) is 142 cm³/mol. The van der Waals surface area contributed by atoms with Gasteiger partial charge in [0.2, 0.25) is 0 Å². The number of nitro groups is 1. The number of rotatable bonds is 8. The zero-order valence-corrected chi connectivity index (χ0v) is 21.9. The van der Waals surface area contributed by atoms with Crippen LogP contribution in [0.4, 0.5) is 10.5 Å². The first-order valence-electron chi connectivity index (χ1n) is 11.3. The quantitative estimate of drug-likeness (QED) is 0.154. The van der Waals surface area contributed by atoms with Gasteiger partial charge in [0, 0.05) is 39.0 Å². The summed E-state index contributed by atoms with van der Waals surface area (Å²) >= 11 is 2.31. The second kappa shape index (κ2) is 11.1. The Morgan fingerprint density at radius 3 is 2.30 bits per heavy atom. The van der Waals surface area contributed by atoms with E-state index in [0.717, 1.165) is 49.1 Å². The van der Waals surface area contributed by atoms with Crippen LogP contribution < -0.4 is 0 Å². The normalized spacial score (nSPS) is 14.5. The minimum absolute atomic E-state index is 0.0535. The monoisotopic (exact) mass is 537 g/mol. The molecule has 0 spiro atoms. The minimum atomic E-state index is -0.626. The van der Waals surface area contributed by atoms with Crippen LogP contribution in [0.25, 0.3) is 11.8 Å². The Balaban J connectivity index is 1.52. The van der Waals surface area contributed by atoms with Gasteiger partial charge in [0.15, 0.2) is 0 Å². The second-order valence-electron chi connectivity index (χ2n) is 8.08. The lowest BCUT2D eigenvalue weighted by molar-refractivity contribution is -0.384. The number of nitrogens with zero attached hydrogens (tertiary/aromatic N) is 3. The third-order valence-corrected chi connectivity index (χ3v) is 7.52. The van der Waals surface area contributed by atoms with E-state index in [1.165, 1.54) is 23.9 Å². The minimum Gasteiger partial charge on any atom is -0.465 e. The third-order valence-electron chi connectivity index (χ3n) is 5.60. The fourth-order valence-electron chi connectivity index (χ4n) is 3.88. The number of benzene rings is 2. The highest BCUT2D eigenvalue weighted by molar-refractivity contribution is 8.18. The van der Waals surface area contributed by atoms with E-state index in [4.69, 9.17) is 4.74 Å². The van der Waals surface area contributed by atoms with Crippen LogP contribution in [0.3, 0.4) is 0 Å². The topological polar surface area (TPSA) is 112 Å². The molecule has 1 fully saturated rings. The zero-order chi connectivity index (χ0) is 26.7. The van der Waals surface area contributed by atoms with Crippen molar-refractivity contribution in [2.45, 2.75) is 30.6 Å². The van der Waals surface area contributed by atoms with Gasteiger partial charge >= 0.3 is 5.97 Å². The van der Waals surface area contributed by atoms with E-state index in [-0.39, 0.29) is 17.2 Å². The van der Waals surface area contributed by atoms with Crippen molar-refractivity contribution >= 4 is 52.4 Å². The van der Waals surface area contributed by atoms with Gasteiger partial charge in [0.05, 0.1) is 16.4 Å². The molecular weight excluding hydrogens is 514 g/mol. The Bertz CT molecular complexity index is 1410. The SMILES string of the molecule is CCOC(=O)CN1C(=O)S/C(=C\c2cc(C)n(-c3ccc(Sc4ccc([N+](=O)[O-])cc4)cc3)c2C)C1=O. The van der Waals surface area contributed by atoms with Gasteiger partial charge in [-0.3, -0.25) is 29.4 Å². The lowest BCUT2D eigenvalue weighted by atomic mass is 10.2. The molecule has 0 unspecified atom stereocenters. The van der Waals surface area contributed by atoms with E-state index < -0.39 is 28.6 Å². The summed E-state index contributed by atoms with van der Waals surface area (Å²) in [4.78, 5) is 50.2. The molecule has 2 heterocycles. The summed E-state index contributed by atoms with van der Waals surface area (Å²) in [7, 11) is 0. The average molecular weight is 538 g/mol. The van der Waals surface area contributed by atoms with Crippen molar-refractivity contribution in [3.8, 4) is 5.69 Å². The van der Waals surface area contributed by atoms with E-state index in [0.29, 0.717) is 0 Å². The van der Waals surface area contributed by atoms with Gasteiger partial charge in [0.25, 0.3) is 16.8 Å². The summed E-state index contributed by atoms with van der Waals surface area (Å²) in [5, 5.41) is 10.3. The first kappa shape index (κ1) is 26.2. The van der Waals surface area contributed by atoms with Crippen LogP contribution >= 0.6 is 23.5 Å². The van der Waals surface area contributed by atoms with Crippen molar-refractivity contribution in [2.75, 3.05) is 13.2 Å². The maximum atomic E-state index is 12.7. The molecule has 190 valence electrons. The van der Waals surface area contributed by atoms with E-state index >= 15 is 0 Å². The van der Waals surface area contributed by atoms with E-state index in [2.05, 4.69) is 4.57 Å². The summed E-state index contributed by atoms with van der Waals surface area (Å²) < 4.78 is 6.90. The number of hydrogen-bond donors (Lipinski definition) is 0. The molecule has 9 nitrogen and oxygen atoms in total. The molecule has 3 aromatic rings. The van der Waals surface area contributed by atoms with Gasteiger partial charge in [-0.1, -0.05) is 11.8 Å². The van der Waals surface area contributed by atoms with Crippen LogP contribution in [0.2, 0.25) is 0 Å². The van der Waals surface area contributed by atoms with Crippen LogP contribution in [-0.4, -0.2) is 44.7 Å². The molecule has 1 aromatic heterocycles. The molecule has 0 bridgehead atoms. The molecule has 2 amide bonds. The number of hydrogen-bond acceptors (Lipinski definition) is 8. The lowest BCUT2D eigenvalue weighted by Gasteiger charge is -2.11. The van der Waals surface area contributed by atoms with Crippen LogP contribution in [0.1, 0.15) is 23.9 Å². The smallest absolute Gasteiger partial charge is 0.326 e. The molecule has 0 N–H and O–H groups in total. The Morgan fingerprint density at radius 2 is 1.70 bits per heavy atom. The molecular formula is C26H23N3O6S2. The maximum Gasteiger partial charge on any atom is 0.326 e. The Morgan fingerprint density at radius 1 is 1.08 bits per heavy atom. The lowest BCUT2D eigenvalue weighted by Crippen LogP contribution is -2.34. The maximum absolute atomic E-state index is 12.7. The molecule has 37 heavy (non-hydrogen) atoms. The Kier molecular flexibility index (Phi) is 7.84. The highest BCUT2D eigenvalue weighted by Crippen LogP contribution is 2.34. The number of amides is 2. The molecule has 0 saturated carbocycles. The van der Waals surface area contributed by atoms with Crippen molar-refractivity contribution in [3.05, 3.63) is 86.6 Å². The third kappa shape index (κ3) is 5.78. The van der Waals surface area contributed by atoms with Gasteiger partial charge in [-0.15, -0.1) is 0 Å². The summed E-state index contributed by atoms with van der Waals surface area (Å²) in [5.74, 6) is -1.14. The fourth-order valence-corrected chi connectivity index (χ4v) is 5.53. The highest BCUT2D eigenvalue weighted by atomic mass is 32.2. The number of carbonyl (C=O) groups excluding carboxylic acids is 3. The molecule has 0 radical (unpaired) electrons. The number of carbonyl (C=O) groups is 3. The van der Waals surface area contributed by atoms with Crippen molar-refractivity contribution in [1.29, 1.82) is 0 Å². The molecule has 0 aliphatic carbocycles. The van der Waals surface area contributed by atoms with Crippen LogP contribution in [0.5, 0.6) is 0 Å². The van der Waals surface area contributed by atoms with E-state index in [1.54, 1.807) is 25.1 Å². The molecule has 1 saturated heterocycles. The van der Waals surface area contributed by atoms with Crippen LogP contribution in [0.15, 0.2) is 69.3 Å². The molecule has 1 aliphatic rings. The van der Waals surface area contributed by atoms with Crippen molar-refractivity contribution in [3.63, 3.8) is 0 Å². The molecule has 1 aliphatic heterocycles. The summed E-state index contributed by atoms with van der Waals surface area (Å²) in [5.41, 5.74) is 3.62. The molecule has 0 atom stereocenters. The van der Waals surface area contributed by atoms with Gasteiger partial charge in [0.1, 0.15) is 6.54 Å². The largest absolute Gasteiger partial charge is 0.465 e. The fraction of sp³-hybridized carbons (Fsp3) is 0.192. The van der Waals surface area contributed by atoms with Gasteiger partial charge in [-0.25, -0.2) is 0 Å².